The third-order valence-electron chi connectivity index (χ3n) is 4.86. The van der Waals surface area contributed by atoms with Crippen molar-refractivity contribution in [2.75, 3.05) is 48.4 Å². The van der Waals surface area contributed by atoms with Crippen molar-refractivity contribution in [1.29, 1.82) is 0 Å². The second-order valence-electron chi connectivity index (χ2n) is 7.01. The van der Waals surface area contributed by atoms with Crippen LogP contribution in [0.15, 0.2) is 60.8 Å². The normalized spacial score (nSPS) is 13.5. The molecule has 31 heavy (non-hydrogen) atoms. The topological polar surface area (TPSA) is 88.6 Å². The number of aromatic nitrogens is 2. The molecule has 0 saturated carbocycles. The van der Waals surface area contributed by atoms with Crippen molar-refractivity contribution in [2.45, 2.75) is 6.92 Å². The van der Waals surface area contributed by atoms with Crippen LogP contribution in [0.3, 0.4) is 0 Å². The van der Waals surface area contributed by atoms with E-state index >= 15 is 0 Å². The minimum absolute atomic E-state index is 0.173. The first-order chi connectivity index (χ1) is 15.2. The van der Waals surface area contributed by atoms with E-state index in [1.54, 1.807) is 30.5 Å². The van der Waals surface area contributed by atoms with Crippen LogP contribution in [0.25, 0.3) is 0 Å². The Morgan fingerprint density at radius 3 is 2.48 bits per heavy atom. The van der Waals surface area contributed by atoms with Gasteiger partial charge in [0.15, 0.2) is 5.82 Å². The van der Waals surface area contributed by atoms with E-state index in [-0.39, 0.29) is 5.91 Å². The van der Waals surface area contributed by atoms with Crippen molar-refractivity contribution in [3.05, 3.63) is 66.4 Å². The molecule has 0 unspecified atom stereocenters. The molecule has 1 aliphatic rings. The molecule has 0 radical (unpaired) electrons. The molecule has 8 nitrogen and oxygen atoms in total. The van der Waals surface area contributed by atoms with E-state index in [0.29, 0.717) is 23.7 Å². The Kier molecular flexibility index (Phi) is 6.59. The minimum Gasteiger partial charge on any atom is -0.494 e. The van der Waals surface area contributed by atoms with Crippen LogP contribution in [0, 0.1) is 0 Å². The van der Waals surface area contributed by atoms with Gasteiger partial charge in [0.25, 0.3) is 5.91 Å². The van der Waals surface area contributed by atoms with Gasteiger partial charge in [-0.3, -0.25) is 4.79 Å². The molecule has 8 heteroatoms. The van der Waals surface area contributed by atoms with E-state index in [4.69, 9.17) is 9.47 Å². The molecule has 0 bridgehead atoms. The average molecular weight is 419 g/mol. The number of anilines is 4. The smallest absolute Gasteiger partial charge is 0.255 e. The molecule has 2 aromatic carbocycles. The lowest BCUT2D eigenvalue weighted by molar-refractivity contribution is 0.102. The summed E-state index contributed by atoms with van der Waals surface area (Å²) in [5.41, 5.74) is 3.14. The van der Waals surface area contributed by atoms with Crippen LogP contribution in [0.4, 0.5) is 22.9 Å². The fourth-order valence-electron chi connectivity index (χ4n) is 3.27. The highest BCUT2D eigenvalue weighted by Crippen LogP contribution is 2.22. The molecular weight excluding hydrogens is 394 g/mol. The van der Waals surface area contributed by atoms with Crippen LogP contribution in [-0.2, 0) is 4.74 Å². The van der Waals surface area contributed by atoms with Crippen LogP contribution in [0.5, 0.6) is 5.75 Å². The molecule has 0 atom stereocenters. The van der Waals surface area contributed by atoms with Gasteiger partial charge in [-0.15, -0.1) is 5.10 Å². The summed E-state index contributed by atoms with van der Waals surface area (Å²) in [6, 6.07) is 16.5. The minimum atomic E-state index is -0.173. The zero-order valence-electron chi connectivity index (χ0n) is 17.4. The SMILES string of the molecule is CCOc1ccc(C(=O)Nc2ccc(Nc3cc(N4CCOCC4)cnn3)cc2)cc1. The van der Waals surface area contributed by atoms with Gasteiger partial charge in [-0.2, -0.15) is 5.10 Å². The summed E-state index contributed by atoms with van der Waals surface area (Å²) in [6.45, 7) is 5.63. The first-order valence-corrected chi connectivity index (χ1v) is 10.3. The number of rotatable bonds is 7. The Labute approximate surface area is 181 Å². The highest BCUT2D eigenvalue weighted by Gasteiger charge is 2.12. The lowest BCUT2D eigenvalue weighted by Gasteiger charge is -2.28. The van der Waals surface area contributed by atoms with E-state index in [0.717, 1.165) is 43.4 Å². The number of morpholine rings is 1. The zero-order chi connectivity index (χ0) is 21.5. The molecular formula is C23H25N5O3. The maximum absolute atomic E-state index is 12.4. The van der Waals surface area contributed by atoms with Crippen molar-refractivity contribution < 1.29 is 14.3 Å². The van der Waals surface area contributed by atoms with Crippen molar-refractivity contribution in [2.24, 2.45) is 0 Å². The summed E-state index contributed by atoms with van der Waals surface area (Å²) < 4.78 is 10.8. The second-order valence-corrected chi connectivity index (χ2v) is 7.01. The molecule has 0 spiro atoms. The summed E-state index contributed by atoms with van der Waals surface area (Å²) in [5.74, 6) is 1.23. The lowest BCUT2D eigenvalue weighted by Crippen LogP contribution is -2.36. The molecule has 1 fully saturated rings. The highest BCUT2D eigenvalue weighted by molar-refractivity contribution is 6.04. The predicted octanol–water partition coefficient (Wildman–Crippen LogP) is 3.71. The summed E-state index contributed by atoms with van der Waals surface area (Å²) >= 11 is 0. The number of amides is 1. The Hall–Kier alpha value is -3.65. The monoisotopic (exact) mass is 419 g/mol. The molecule has 2 N–H and O–H groups in total. The Balaban J connectivity index is 1.36. The van der Waals surface area contributed by atoms with Gasteiger partial charge in [0.05, 0.1) is 31.7 Å². The first kappa shape index (κ1) is 20.6. The zero-order valence-corrected chi connectivity index (χ0v) is 17.4. The van der Waals surface area contributed by atoms with Crippen molar-refractivity contribution in [3.8, 4) is 5.75 Å². The van der Waals surface area contributed by atoms with Crippen molar-refractivity contribution in [3.63, 3.8) is 0 Å². The van der Waals surface area contributed by atoms with E-state index < -0.39 is 0 Å². The fraction of sp³-hybridized carbons (Fsp3) is 0.261. The third-order valence-corrected chi connectivity index (χ3v) is 4.86. The number of nitrogens with one attached hydrogen (secondary N) is 2. The Bertz CT molecular complexity index is 1000. The molecule has 2 heterocycles. The molecule has 1 saturated heterocycles. The van der Waals surface area contributed by atoms with Gasteiger partial charge >= 0.3 is 0 Å². The number of carbonyl (C=O) groups is 1. The Morgan fingerprint density at radius 2 is 1.77 bits per heavy atom. The van der Waals surface area contributed by atoms with Gasteiger partial charge in [-0.25, -0.2) is 0 Å². The Morgan fingerprint density at radius 1 is 1.06 bits per heavy atom. The van der Waals surface area contributed by atoms with Crippen LogP contribution in [-0.4, -0.2) is 49.0 Å². The molecule has 1 aliphatic heterocycles. The maximum atomic E-state index is 12.4. The van der Waals surface area contributed by atoms with Gasteiger partial charge in [-0.05, 0) is 55.5 Å². The van der Waals surface area contributed by atoms with E-state index in [2.05, 4.69) is 25.7 Å². The van der Waals surface area contributed by atoms with Gasteiger partial charge in [0, 0.05) is 36.1 Å². The van der Waals surface area contributed by atoms with Gasteiger partial charge in [-0.1, -0.05) is 0 Å². The van der Waals surface area contributed by atoms with Gasteiger partial charge in [0.2, 0.25) is 0 Å². The molecule has 1 amide bonds. The van der Waals surface area contributed by atoms with E-state index in [9.17, 15) is 4.79 Å². The molecule has 0 aliphatic carbocycles. The van der Waals surface area contributed by atoms with Gasteiger partial charge < -0.3 is 25.0 Å². The average Bonchev–Trinajstić information content (AvgIpc) is 2.82. The second kappa shape index (κ2) is 9.90. The van der Waals surface area contributed by atoms with E-state index in [1.165, 1.54) is 0 Å². The maximum Gasteiger partial charge on any atom is 0.255 e. The number of hydrogen-bond donors (Lipinski definition) is 2. The largest absolute Gasteiger partial charge is 0.494 e. The predicted molar refractivity (Wildman–Crippen MR) is 120 cm³/mol. The van der Waals surface area contributed by atoms with Crippen molar-refractivity contribution in [1.82, 2.24) is 10.2 Å². The van der Waals surface area contributed by atoms with Crippen LogP contribution < -0.4 is 20.3 Å². The van der Waals surface area contributed by atoms with Crippen LogP contribution >= 0.6 is 0 Å². The lowest BCUT2D eigenvalue weighted by atomic mass is 10.2. The molecule has 160 valence electrons. The standard InChI is InChI=1S/C23H25N5O3/c1-2-31-21-9-3-17(4-10-21)23(29)26-19-7-5-18(6-8-19)25-22-15-20(16-24-27-22)28-11-13-30-14-12-28/h3-10,15-16H,2,11-14H2,1H3,(H,25,27)(H,26,29). The summed E-state index contributed by atoms with van der Waals surface area (Å²) in [5, 5.41) is 14.4. The fourth-order valence-corrected chi connectivity index (χ4v) is 3.27. The summed E-state index contributed by atoms with van der Waals surface area (Å²) in [6.07, 6.45) is 1.76. The molecule has 4 rings (SSSR count). The van der Waals surface area contributed by atoms with Crippen LogP contribution in [0.1, 0.15) is 17.3 Å². The van der Waals surface area contributed by atoms with E-state index in [1.807, 2.05) is 37.3 Å². The first-order valence-electron chi connectivity index (χ1n) is 10.3. The highest BCUT2D eigenvalue weighted by atomic mass is 16.5. The van der Waals surface area contributed by atoms with Crippen molar-refractivity contribution >= 4 is 28.8 Å². The summed E-state index contributed by atoms with van der Waals surface area (Å²) in [7, 11) is 0. The third kappa shape index (κ3) is 5.49. The molecule has 1 aromatic heterocycles. The number of hydrogen-bond acceptors (Lipinski definition) is 7. The quantitative estimate of drug-likeness (QED) is 0.603. The number of ether oxygens (including phenoxy) is 2. The van der Waals surface area contributed by atoms with Gasteiger partial charge in [0.1, 0.15) is 5.75 Å². The number of carbonyl (C=O) groups excluding carboxylic acids is 1. The number of benzene rings is 2. The molecule has 3 aromatic rings. The summed E-state index contributed by atoms with van der Waals surface area (Å²) in [4.78, 5) is 14.7. The van der Waals surface area contributed by atoms with Crippen LogP contribution in [0.2, 0.25) is 0 Å². The number of nitrogens with zero attached hydrogens (tertiary/aromatic N) is 3.